The second-order valence-electron chi connectivity index (χ2n) is 5.34. The van der Waals surface area contributed by atoms with Gasteiger partial charge in [0.1, 0.15) is 0 Å². The summed E-state index contributed by atoms with van der Waals surface area (Å²) in [6, 6.07) is 0. The fourth-order valence-corrected chi connectivity index (χ4v) is 1.76. The van der Waals surface area contributed by atoms with E-state index in [0.717, 1.165) is 17.8 Å². The van der Waals surface area contributed by atoms with Gasteiger partial charge in [-0.1, -0.05) is 26.0 Å². The Hall–Kier alpha value is -0.300. The third-order valence-corrected chi connectivity index (χ3v) is 2.68. The second-order valence-corrected chi connectivity index (χ2v) is 5.34. The van der Waals surface area contributed by atoms with Crippen LogP contribution in [-0.2, 0) is 0 Å². The zero-order valence-electron chi connectivity index (χ0n) is 9.38. The molecule has 1 nitrogen and oxygen atoms in total. The molecule has 1 aliphatic rings. The molecule has 1 unspecified atom stereocenters. The molecule has 76 valence electrons. The molecule has 1 heteroatoms. The van der Waals surface area contributed by atoms with Crippen LogP contribution in [0.2, 0.25) is 0 Å². The standard InChI is InChI=1S/C12H23N/c1-9(2)11(10-5-6-10)7-8-12(3,4)13/h7-11H,5-6,13H2,1-4H3. The highest BCUT2D eigenvalue weighted by molar-refractivity contribution is 5.05. The van der Waals surface area contributed by atoms with Crippen molar-refractivity contribution in [2.24, 2.45) is 23.5 Å². The summed E-state index contributed by atoms with van der Waals surface area (Å²) < 4.78 is 0. The van der Waals surface area contributed by atoms with Gasteiger partial charge in [0.15, 0.2) is 0 Å². The summed E-state index contributed by atoms with van der Waals surface area (Å²) in [6.07, 6.45) is 7.33. The highest BCUT2D eigenvalue weighted by atomic mass is 14.7. The van der Waals surface area contributed by atoms with Gasteiger partial charge < -0.3 is 5.73 Å². The fraction of sp³-hybridized carbons (Fsp3) is 0.833. The highest BCUT2D eigenvalue weighted by Crippen LogP contribution is 2.41. The lowest BCUT2D eigenvalue weighted by Crippen LogP contribution is -2.29. The van der Waals surface area contributed by atoms with Crippen LogP contribution in [0.3, 0.4) is 0 Å². The van der Waals surface area contributed by atoms with Crippen LogP contribution in [-0.4, -0.2) is 5.54 Å². The molecule has 1 fully saturated rings. The number of hydrogen-bond donors (Lipinski definition) is 1. The van der Waals surface area contributed by atoms with Crippen molar-refractivity contribution in [3.05, 3.63) is 12.2 Å². The molecule has 0 radical (unpaired) electrons. The maximum Gasteiger partial charge on any atom is 0.0281 e. The molecule has 0 heterocycles. The SMILES string of the molecule is CC(C)C(C=CC(C)(C)N)C1CC1. The van der Waals surface area contributed by atoms with E-state index in [2.05, 4.69) is 26.0 Å². The van der Waals surface area contributed by atoms with Gasteiger partial charge in [-0.25, -0.2) is 0 Å². The molecule has 2 N–H and O–H groups in total. The molecule has 1 aliphatic carbocycles. The van der Waals surface area contributed by atoms with Crippen LogP contribution in [0.4, 0.5) is 0 Å². The number of rotatable bonds is 4. The van der Waals surface area contributed by atoms with E-state index in [0.29, 0.717) is 0 Å². The van der Waals surface area contributed by atoms with Gasteiger partial charge in [-0.05, 0) is 44.4 Å². The van der Waals surface area contributed by atoms with Gasteiger partial charge in [0.25, 0.3) is 0 Å². The Bertz CT molecular complexity index is 180. The third-order valence-electron chi connectivity index (χ3n) is 2.68. The first-order chi connectivity index (χ1) is 5.90. The molecule has 0 bridgehead atoms. The molecule has 0 aliphatic heterocycles. The molecule has 0 aromatic heterocycles. The van der Waals surface area contributed by atoms with Gasteiger partial charge in [0.05, 0.1) is 0 Å². The first-order valence-electron chi connectivity index (χ1n) is 5.38. The second kappa shape index (κ2) is 3.83. The lowest BCUT2D eigenvalue weighted by molar-refractivity contribution is 0.414. The van der Waals surface area contributed by atoms with E-state index in [1.807, 2.05) is 13.8 Å². The smallest absolute Gasteiger partial charge is 0.0281 e. The Labute approximate surface area is 82.4 Å². The van der Waals surface area contributed by atoms with E-state index in [1.54, 1.807) is 0 Å². The summed E-state index contributed by atoms with van der Waals surface area (Å²) in [7, 11) is 0. The first-order valence-corrected chi connectivity index (χ1v) is 5.38. The Morgan fingerprint density at radius 1 is 1.31 bits per heavy atom. The summed E-state index contributed by atoms with van der Waals surface area (Å²) in [5.41, 5.74) is 5.77. The highest BCUT2D eigenvalue weighted by Gasteiger charge is 2.31. The van der Waals surface area contributed by atoms with Crippen LogP contribution in [0.1, 0.15) is 40.5 Å². The number of hydrogen-bond acceptors (Lipinski definition) is 1. The predicted molar refractivity (Wildman–Crippen MR) is 58.5 cm³/mol. The Balaban J connectivity index is 2.51. The molecular weight excluding hydrogens is 158 g/mol. The molecule has 1 atom stereocenters. The van der Waals surface area contributed by atoms with Gasteiger partial charge in [-0.2, -0.15) is 0 Å². The van der Waals surface area contributed by atoms with E-state index in [1.165, 1.54) is 12.8 Å². The maximum atomic E-state index is 5.92. The molecule has 0 amide bonds. The van der Waals surface area contributed by atoms with Crippen molar-refractivity contribution in [3.63, 3.8) is 0 Å². The number of nitrogens with two attached hydrogens (primary N) is 1. The van der Waals surface area contributed by atoms with Gasteiger partial charge in [0.2, 0.25) is 0 Å². The van der Waals surface area contributed by atoms with Crippen molar-refractivity contribution in [2.75, 3.05) is 0 Å². The maximum absolute atomic E-state index is 5.92. The van der Waals surface area contributed by atoms with E-state index in [4.69, 9.17) is 5.73 Å². The molecule has 0 aromatic carbocycles. The topological polar surface area (TPSA) is 26.0 Å². The molecule has 1 saturated carbocycles. The molecule has 0 saturated heterocycles. The zero-order chi connectivity index (χ0) is 10.1. The van der Waals surface area contributed by atoms with Gasteiger partial charge in [-0.3, -0.25) is 0 Å². The van der Waals surface area contributed by atoms with E-state index in [9.17, 15) is 0 Å². The van der Waals surface area contributed by atoms with Crippen molar-refractivity contribution in [2.45, 2.75) is 46.1 Å². The van der Waals surface area contributed by atoms with Crippen molar-refractivity contribution in [1.82, 2.24) is 0 Å². The zero-order valence-corrected chi connectivity index (χ0v) is 9.38. The quantitative estimate of drug-likeness (QED) is 0.663. The summed E-state index contributed by atoms with van der Waals surface area (Å²) >= 11 is 0. The lowest BCUT2D eigenvalue weighted by atomic mass is 9.89. The first kappa shape index (κ1) is 10.8. The average molecular weight is 181 g/mol. The molecular formula is C12H23N. The Kier molecular flexibility index (Phi) is 3.18. The Morgan fingerprint density at radius 3 is 2.15 bits per heavy atom. The normalized spacial score (nSPS) is 21.4. The molecule has 1 rings (SSSR count). The van der Waals surface area contributed by atoms with Crippen LogP contribution in [0.15, 0.2) is 12.2 Å². The minimum absolute atomic E-state index is 0.151. The Morgan fingerprint density at radius 2 is 1.85 bits per heavy atom. The summed E-state index contributed by atoms with van der Waals surface area (Å²) in [4.78, 5) is 0. The van der Waals surface area contributed by atoms with Gasteiger partial charge in [-0.15, -0.1) is 0 Å². The van der Waals surface area contributed by atoms with Crippen LogP contribution < -0.4 is 5.73 Å². The van der Waals surface area contributed by atoms with Crippen molar-refractivity contribution in [1.29, 1.82) is 0 Å². The van der Waals surface area contributed by atoms with Crippen LogP contribution in [0.5, 0.6) is 0 Å². The monoisotopic (exact) mass is 181 g/mol. The largest absolute Gasteiger partial charge is 0.322 e. The van der Waals surface area contributed by atoms with Gasteiger partial charge in [0, 0.05) is 5.54 Å². The van der Waals surface area contributed by atoms with Crippen molar-refractivity contribution < 1.29 is 0 Å². The van der Waals surface area contributed by atoms with E-state index in [-0.39, 0.29) is 5.54 Å². The van der Waals surface area contributed by atoms with Gasteiger partial charge >= 0.3 is 0 Å². The van der Waals surface area contributed by atoms with E-state index >= 15 is 0 Å². The summed E-state index contributed by atoms with van der Waals surface area (Å²) in [6.45, 7) is 8.70. The lowest BCUT2D eigenvalue weighted by Gasteiger charge is -2.19. The van der Waals surface area contributed by atoms with Crippen LogP contribution in [0, 0.1) is 17.8 Å². The molecule has 0 aromatic rings. The van der Waals surface area contributed by atoms with E-state index < -0.39 is 0 Å². The molecule has 0 spiro atoms. The van der Waals surface area contributed by atoms with Crippen molar-refractivity contribution in [3.8, 4) is 0 Å². The summed E-state index contributed by atoms with van der Waals surface area (Å²) in [5, 5.41) is 0. The number of allylic oxidation sites excluding steroid dienone is 1. The molecule has 13 heavy (non-hydrogen) atoms. The summed E-state index contributed by atoms with van der Waals surface area (Å²) in [5.74, 6) is 2.45. The minimum atomic E-state index is -0.151. The van der Waals surface area contributed by atoms with Crippen LogP contribution >= 0.6 is 0 Å². The average Bonchev–Trinajstić information content (AvgIpc) is 2.67. The van der Waals surface area contributed by atoms with Crippen molar-refractivity contribution >= 4 is 0 Å². The third kappa shape index (κ3) is 3.95. The minimum Gasteiger partial charge on any atom is -0.322 e. The fourth-order valence-electron chi connectivity index (χ4n) is 1.76. The van der Waals surface area contributed by atoms with Crippen LogP contribution in [0.25, 0.3) is 0 Å². The predicted octanol–water partition coefficient (Wildman–Crippen LogP) is 2.96.